The first-order chi connectivity index (χ1) is 17.0. The number of hydrogen-bond acceptors (Lipinski definition) is 3. The predicted octanol–water partition coefficient (Wildman–Crippen LogP) is 5.08. The average Bonchev–Trinajstić information content (AvgIpc) is 3.71. The first-order valence-electron chi connectivity index (χ1n) is 12.5. The first kappa shape index (κ1) is 23.2. The Kier molecular flexibility index (Phi) is 6.58. The third-order valence-electron chi connectivity index (χ3n) is 6.93. The molecule has 3 aromatic carbocycles. The molecule has 1 N–H and O–H groups in total. The molecule has 2 atom stereocenters. The van der Waals surface area contributed by atoms with Gasteiger partial charge in [0, 0.05) is 18.7 Å². The smallest absolute Gasteiger partial charge is 0.260 e. The molecule has 0 spiro atoms. The Hall–Kier alpha value is -3.60. The van der Waals surface area contributed by atoms with Crippen LogP contribution < -0.4 is 10.1 Å². The van der Waals surface area contributed by atoms with E-state index in [1.165, 1.54) is 18.4 Å². The number of nitrogens with one attached hydrogen (secondary N) is 1. The van der Waals surface area contributed by atoms with Gasteiger partial charge in [0.15, 0.2) is 6.10 Å². The van der Waals surface area contributed by atoms with Gasteiger partial charge in [0.1, 0.15) is 5.75 Å². The van der Waals surface area contributed by atoms with Crippen molar-refractivity contribution in [2.75, 3.05) is 13.1 Å². The number of amides is 2. The maximum atomic E-state index is 13.6. The summed E-state index contributed by atoms with van der Waals surface area (Å²) in [4.78, 5) is 28.1. The monoisotopic (exact) mass is 468 g/mol. The fraction of sp³-hybridized carbons (Fsp3) is 0.333. The SMILES string of the molecule is Cc1cccc([C@@H]2c3cc(O[C@@H](C)C(=O)NCC4CC4)ccc3CCN2C(=O)c2ccccc2)c1. The molecule has 3 aromatic rings. The van der Waals surface area contributed by atoms with Crippen molar-refractivity contribution in [2.45, 2.75) is 45.3 Å². The second-order valence-corrected chi connectivity index (χ2v) is 9.74. The molecule has 35 heavy (non-hydrogen) atoms. The lowest BCUT2D eigenvalue weighted by Gasteiger charge is -2.38. The summed E-state index contributed by atoms with van der Waals surface area (Å²) in [6.07, 6.45) is 2.57. The van der Waals surface area contributed by atoms with E-state index in [4.69, 9.17) is 4.74 Å². The summed E-state index contributed by atoms with van der Waals surface area (Å²) < 4.78 is 6.07. The minimum atomic E-state index is -0.588. The molecule has 0 radical (unpaired) electrons. The van der Waals surface area contributed by atoms with Crippen molar-refractivity contribution < 1.29 is 14.3 Å². The van der Waals surface area contributed by atoms with Gasteiger partial charge in [-0.3, -0.25) is 9.59 Å². The molecule has 1 fully saturated rings. The van der Waals surface area contributed by atoms with Gasteiger partial charge in [-0.05, 0) is 80.0 Å². The van der Waals surface area contributed by atoms with Gasteiger partial charge in [0.25, 0.3) is 11.8 Å². The highest BCUT2D eigenvalue weighted by atomic mass is 16.5. The molecule has 5 nitrogen and oxygen atoms in total. The van der Waals surface area contributed by atoms with Crippen LogP contribution >= 0.6 is 0 Å². The Morgan fingerprint density at radius 1 is 1.03 bits per heavy atom. The molecule has 5 rings (SSSR count). The Morgan fingerprint density at radius 2 is 1.83 bits per heavy atom. The number of hydrogen-bond donors (Lipinski definition) is 1. The van der Waals surface area contributed by atoms with Crippen LogP contribution in [0.5, 0.6) is 5.75 Å². The van der Waals surface area contributed by atoms with Crippen molar-refractivity contribution in [1.82, 2.24) is 10.2 Å². The molecule has 1 heterocycles. The molecule has 5 heteroatoms. The molecule has 1 saturated carbocycles. The minimum absolute atomic E-state index is 0.0156. The van der Waals surface area contributed by atoms with Crippen LogP contribution in [0.15, 0.2) is 72.8 Å². The van der Waals surface area contributed by atoms with Gasteiger partial charge in [-0.15, -0.1) is 0 Å². The van der Waals surface area contributed by atoms with E-state index >= 15 is 0 Å². The molecular formula is C30H32N2O3. The highest BCUT2D eigenvalue weighted by Gasteiger charge is 2.33. The largest absolute Gasteiger partial charge is 0.481 e. The number of benzene rings is 3. The van der Waals surface area contributed by atoms with Gasteiger partial charge in [0.05, 0.1) is 6.04 Å². The minimum Gasteiger partial charge on any atom is -0.481 e. The molecular weight excluding hydrogens is 436 g/mol. The summed E-state index contributed by atoms with van der Waals surface area (Å²) in [5, 5.41) is 2.99. The van der Waals surface area contributed by atoms with Crippen LogP contribution in [0.1, 0.15) is 58.4 Å². The van der Waals surface area contributed by atoms with Gasteiger partial charge in [-0.1, -0.05) is 54.1 Å². The fourth-order valence-electron chi connectivity index (χ4n) is 4.80. The normalized spacial score (nSPS) is 17.9. The maximum Gasteiger partial charge on any atom is 0.260 e. The Labute approximate surface area is 207 Å². The highest BCUT2D eigenvalue weighted by Crippen LogP contribution is 2.38. The van der Waals surface area contributed by atoms with Crippen molar-refractivity contribution in [2.24, 2.45) is 5.92 Å². The lowest BCUT2D eigenvalue weighted by molar-refractivity contribution is -0.127. The summed E-state index contributed by atoms with van der Waals surface area (Å²) in [5.74, 6) is 1.19. The Balaban J connectivity index is 1.46. The first-order valence-corrected chi connectivity index (χ1v) is 12.5. The summed E-state index contributed by atoms with van der Waals surface area (Å²) >= 11 is 0. The van der Waals surface area contributed by atoms with E-state index in [9.17, 15) is 9.59 Å². The van der Waals surface area contributed by atoms with Gasteiger partial charge >= 0.3 is 0 Å². The second kappa shape index (κ2) is 9.95. The quantitative estimate of drug-likeness (QED) is 0.526. The number of aryl methyl sites for hydroxylation is 1. The summed E-state index contributed by atoms with van der Waals surface area (Å²) in [6.45, 7) is 5.21. The zero-order valence-electron chi connectivity index (χ0n) is 20.4. The molecule has 2 aliphatic rings. The lowest BCUT2D eigenvalue weighted by atomic mass is 9.87. The number of carbonyl (C=O) groups excluding carboxylic acids is 2. The Morgan fingerprint density at radius 3 is 2.57 bits per heavy atom. The van der Waals surface area contributed by atoms with Crippen LogP contribution in [0.25, 0.3) is 0 Å². The average molecular weight is 469 g/mol. The zero-order valence-corrected chi connectivity index (χ0v) is 20.4. The predicted molar refractivity (Wildman–Crippen MR) is 136 cm³/mol. The number of carbonyl (C=O) groups is 2. The van der Waals surface area contributed by atoms with Crippen LogP contribution in [0, 0.1) is 12.8 Å². The maximum absolute atomic E-state index is 13.6. The lowest BCUT2D eigenvalue weighted by Crippen LogP contribution is -2.40. The number of fused-ring (bicyclic) bond motifs is 1. The molecule has 180 valence electrons. The van der Waals surface area contributed by atoms with E-state index in [1.807, 2.05) is 53.4 Å². The molecule has 0 saturated heterocycles. The summed E-state index contributed by atoms with van der Waals surface area (Å²) in [6, 6.07) is 23.6. The summed E-state index contributed by atoms with van der Waals surface area (Å²) in [7, 11) is 0. The van der Waals surface area contributed by atoms with E-state index in [0.29, 0.717) is 23.8 Å². The Bertz CT molecular complexity index is 1220. The standard InChI is InChI=1S/C30H32N2O3/c1-20-7-6-10-25(17-20)28-27-18-26(35-21(2)29(33)31-19-22-11-12-22)14-13-23(27)15-16-32(28)30(34)24-8-4-3-5-9-24/h3-10,13-14,17-18,21-22,28H,11-12,15-16,19H2,1-2H3,(H,31,33)/t21-,28+/m0/s1. The zero-order chi connectivity index (χ0) is 24.4. The van der Waals surface area contributed by atoms with Crippen molar-refractivity contribution in [3.05, 3.63) is 101 Å². The van der Waals surface area contributed by atoms with Gasteiger partial charge in [0.2, 0.25) is 0 Å². The summed E-state index contributed by atoms with van der Waals surface area (Å²) in [5.41, 5.74) is 5.15. The van der Waals surface area contributed by atoms with Gasteiger partial charge < -0.3 is 15.0 Å². The van der Waals surface area contributed by atoms with E-state index in [2.05, 4.69) is 36.5 Å². The fourth-order valence-corrected chi connectivity index (χ4v) is 4.80. The van der Waals surface area contributed by atoms with Crippen LogP contribution in [-0.4, -0.2) is 35.9 Å². The van der Waals surface area contributed by atoms with Crippen LogP contribution in [0.2, 0.25) is 0 Å². The molecule has 0 bridgehead atoms. The molecule has 2 amide bonds. The highest BCUT2D eigenvalue weighted by molar-refractivity contribution is 5.95. The third-order valence-corrected chi connectivity index (χ3v) is 6.93. The van der Waals surface area contributed by atoms with Crippen molar-refractivity contribution >= 4 is 11.8 Å². The van der Waals surface area contributed by atoms with Crippen LogP contribution in [0.4, 0.5) is 0 Å². The van der Waals surface area contributed by atoms with E-state index < -0.39 is 6.10 Å². The van der Waals surface area contributed by atoms with Crippen LogP contribution in [0.3, 0.4) is 0 Å². The molecule has 0 unspecified atom stereocenters. The third kappa shape index (κ3) is 5.24. The van der Waals surface area contributed by atoms with E-state index in [-0.39, 0.29) is 17.9 Å². The van der Waals surface area contributed by atoms with E-state index in [0.717, 1.165) is 29.7 Å². The van der Waals surface area contributed by atoms with Crippen molar-refractivity contribution in [3.8, 4) is 5.75 Å². The topological polar surface area (TPSA) is 58.6 Å². The van der Waals surface area contributed by atoms with Crippen molar-refractivity contribution in [1.29, 1.82) is 0 Å². The van der Waals surface area contributed by atoms with Crippen LogP contribution in [-0.2, 0) is 11.2 Å². The van der Waals surface area contributed by atoms with E-state index in [1.54, 1.807) is 6.92 Å². The number of ether oxygens (including phenoxy) is 1. The molecule has 1 aliphatic carbocycles. The van der Waals surface area contributed by atoms with Crippen molar-refractivity contribution in [3.63, 3.8) is 0 Å². The molecule has 1 aliphatic heterocycles. The molecule has 0 aromatic heterocycles. The van der Waals surface area contributed by atoms with Gasteiger partial charge in [-0.2, -0.15) is 0 Å². The second-order valence-electron chi connectivity index (χ2n) is 9.74. The van der Waals surface area contributed by atoms with Gasteiger partial charge in [-0.25, -0.2) is 0 Å². The number of rotatable bonds is 7. The number of nitrogens with zero attached hydrogens (tertiary/aromatic N) is 1.